The lowest BCUT2D eigenvalue weighted by atomic mass is 9.96. The highest BCUT2D eigenvalue weighted by Gasteiger charge is 2.53. The van der Waals surface area contributed by atoms with E-state index < -0.39 is 30.6 Å². The predicted octanol–water partition coefficient (Wildman–Crippen LogP) is -0.594. The largest absolute Gasteiger partial charge is 0.394 e. The molecule has 2 aromatic rings. The molecule has 3 rings (SSSR count). The topological polar surface area (TPSA) is 122 Å². The number of aliphatic hydroxyl groups excluding tert-OH is 2. The van der Waals surface area contributed by atoms with E-state index in [1.807, 2.05) is 0 Å². The molecule has 0 spiro atoms. The van der Waals surface area contributed by atoms with Crippen molar-refractivity contribution >= 4 is 16.9 Å². The molecule has 1 unspecified atom stereocenters. The number of ether oxygens (including phenoxy) is 1. The van der Waals surface area contributed by atoms with Crippen molar-refractivity contribution in [3.05, 3.63) is 18.6 Å². The summed E-state index contributed by atoms with van der Waals surface area (Å²) in [6.45, 7) is 1.07. The first kappa shape index (κ1) is 15.1. The monoisotopic (exact) mass is 310 g/mol. The maximum absolute atomic E-state index is 10.5. The highest BCUT2D eigenvalue weighted by atomic mass is 16.6. The van der Waals surface area contributed by atoms with Crippen molar-refractivity contribution in [2.75, 3.05) is 19.2 Å². The Labute approximate surface area is 126 Å². The molecule has 0 amide bonds. The first-order chi connectivity index (χ1) is 10.5. The third-order valence-electron chi connectivity index (χ3n) is 3.90. The van der Waals surface area contributed by atoms with E-state index in [4.69, 9.17) is 9.57 Å². The summed E-state index contributed by atoms with van der Waals surface area (Å²) in [6.07, 6.45) is 0.0620. The molecule has 3 heterocycles. The second-order valence-corrected chi connectivity index (χ2v) is 5.37. The molecule has 1 fully saturated rings. The Balaban J connectivity index is 2.06. The molecule has 4 N–H and O–H groups in total. The van der Waals surface area contributed by atoms with Gasteiger partial charge in [0.1, 0.15) is 29.8 Å². The molecule has 9 heteroatoms. The SMILES string of the molecule is CONc1ncnc2c1ccn2C1O[C@H](CO)[C@@H](O)[C@@]1(C)O. The van der Waals surface area contributed by atoms with Crippen molar-refractivity contribution < 1.29 is 24.9 Å². The van der Waals surface area contributed by atoms with Crippen LogP contribution >= 0.6 is 0 Å². The number of anilines is 1. The van der Waals surface area contributed by atoms with Gasteiger partial charge in [-0.2, -0.15) is 0 Å². The fourth-order valence-corrected chi connectivity index (χ4v) is 2.73. The van der Waals surface area contributed by atoms with E-state index in [1.54, 1.807) is 16.8 Å². The van der Waals surface area contributed by atoms with E-state index >= 15 is 0 Å². The number of aliphatic hydroxyl groups is 3. The summed E-state index contributed by atoms with van der Waals surface area (Å²) < 4.78 is 7.19. The Hall–Kier alpha value is -1.78. The first-order valence-electron chi connectivity index (χ1n) is 6.78. The number of nitrogens with zero attached hydrogens (tertiary/aromatic N) is 3. The number of rotatable bonds is 4. The van der Waals surface area contributed by atoms with Crippen LogP contribution in [0.2, 0.25) is 0 Å². The maximum Gasteiger partial charge on any atom is 0.167 e. The zero-order valence-corrected chi connectivity index (χ0v) is 12.2. The minimum atomic E-state index is -1.57. The minimum absolute atomic E-state index is 0.390. The van der Waals surface area contributed by atoms with Gasteiger partial charge in [-0.25, -0.2) is 15.4 Å². The van der Waals surface area contributed by atoms with E-state index in [0.29, 0.717) is 16.9 Å². The van der Waals surface area contributed by atoms with Gasteiger partial charge in [0.15, 0.2) is 12.0 Å². The van der Waals surface area contributed by atoms with Gasteiger partial charge >= 0.3 is 0 Å². The van der Waals surface area contributed by atoms with Gasteiger partial charge in [0.25, 0.3) is 0 Å². The van der Waals surface area contributed by atoms with Crippen LogP contribution in [0.15, 0.2) is 18.6 Å². The van der Waals surface area contributed by atoms with Crippen LogP contribution in [0.1, 0.15) is 13.2 Å². The summed E-state index contributed by atoms with van der Waals surface area (Å²) in [5.41, 5.74) is 1.58. The van der Waals surface area contributed by atoms with Gasteiger partial charge < -0.3 is 24.6 Å². The van der Waals surface area contributed by atoms with E-state index in [9.17, 15) is 15.3 Å². The van der Waals surface area contributed by atoms with Gasteiger partial charge in [0.05, 0.1) is 19.1 Å². The molecule has 0 aliphatic carbocycles. The maximum atomic E-state index is 10.5. The fraction of sp³-hybridized carbons (Fsp3) is 0.538. The molecule has 4 atom stereocenters. The fourth-order valence-electron chi connectivity index (χ4n) is 2.73. The van der Waals surface area contributed by atoms with Crippen molar-refractivity contribution in [3.8, 4) is 0 Å². The van der Waals surface area contributed by atoms with Crippen LogP contribution < -0.4 is 5.48 Å². The number of fused-ring (bicyclic) bond motifs is 1. The Morgan fingerprint density at radius 2 is 2.27 bits per heavy atom. The van der Waals surface area contributed by atoms with Crippen LogP contribution in [-0.2, 0) is 9.57 Å². The smallest absolute Gasteiger partial charge is 0.167 e. The Kier molecular flexibility index (Phi) is 3.75. The number of hydrogen-bond donors (Lipinski definition) is 4. The summed E-state index contributed by atoms with van der Waals surface area (Å²) in [5.74, 6) is 0.475. The van der Waals surface area contributed by atoms with Crippen LogP contribution in [0.3, 0.4) is 0 Å². The molecule has 2 aromatic heterocycles. The molecule has 0 saturated carbocycles. The standard InChI is InChI=1S/C13H18N4O5/c1-13(20)9(19)8(5-18)22-12(13)17-4-3-7-10(16-21-2)14-6-15-11(7)17/h3-4,6,8-9,12,18-20H,5H2,1-2H3,(H,14,15,16)/t8-,9-,12?,13-/m1/s1. The lowest BCUT2D eigenvalue weighted by molar-refractivity contribution is -0.0948. The Morgan fingerprint density at radius 1 is 1.50 bits per heavy atom. The summed E-state index contributed by atoms with van der Waals surface area (Å²) in [7, 11) is 1.47. The molecule has 9 nitrogen and oxygen atoms in total. The lowest BCUT2D eigenvalue weighted by Gasteiger charge is -2.27. The highest BCUT2D eigenvalue weighted by molar-refractivity contribution is 5.87. The van der Waals surface area contributed by atoms with Crippen LogP contribution in [0.5, 0.6) is 0 Å². The van der Waals surface area contributed by atoms with Crippen molar-refractivity contribution in [3.63, 3.8) is 0 Å². The minimum Gasteiger partial charge on any atom is -0.394 e. The summed E-state index contributed by atoms with van der Waals surface area (Å²) in [6, 6.07) is 1.74. The van der Waals surface area contributed by atoms with Gasteiger partial charge in [-0.15, -0.1) is 0 Å². The van der Waals surface area contributed by atoms with Gasteiger partial charge in [-0.3, -0.25) is 4.84 Å². The zero-order chi connectivity index (χ0) is 15.9. The van der Waals surface area contributed by atoms with Crippen molar-refractivity contribution in [2.24, 2.45) is 0 Å². The molecule has 0 bridgehead atoms. The summed E-state index contributed by atoms with van der Waals surface area (Å²) in [5, 5.41) is 30.5. The summed E-state index contributed by atoms with van der Waals surface area (Å²) >= 11 is 0. The molecule has 1 aliphatic heterocycles. The number of aromatic nitrogens is 3. The molecular formula is C13H18N4O5. The average molecular weight is 310 g/mol. The van der Waals surface area contributed by atoms with Gasteiger partial charge in [-0.05, 0) is 13.0 Å². The van der Waals surface area contributed by atoms with Crippen LogP contribution in [0.25, 0.3) is 11.0 Å². The highest BCUT2D eigenvalue weighted by Crippen LogP contribution is 2.39. The lowest BCUT2D eigenvalue weighted by Crippen LogP contribution is -2.44. The molecule has 1 aliphatic rings. The van der Waals surface area contributed by atoms with Gasteiger partial charge in [-0.1, -0.05) is 0 Å². The second kappa shape index (κ2) is 5.45. The second-order valence-electron chi connectivity index (χ2n) is 5.37. The molecular weight excluding hydrogens is 292 g/mol. The van der Waals surface area contributed by atoms with Crippen molar-refractivity contribution in [1.82, 2.24) is 14.5 Å². The van der Waals surface area contributed by atoms with Gasteiger partial charge in [0, 0.05) is 6.20 Å². The molecule has 120 valence electrons. The normalized spacial score (nSPS) is 31.8. The quantitative estimate of drug-likeness (QED) is 0.553. The molecule has 0 aromatic carbocycles. The molecule has 0 radical (unpaired) electrons. The van der Waals surface area contributed by atoms with E-state index in [0.717, 1.165) is 0 Å². The zero-order valence-electron chi connectivity index (χ0n) is 12.2. The van der Waals surface area contributed by atoms with E-state index in [2.05, 4.69) is 15.4 Å². The van der Waals surface area contributed by atoms with Crippen LogP contribution in [-0.4, -0.2) is 61.4 Å². The predicted molar refractivity (Wildman–Crippen MR) is 75.8 cm³/mol. The van der Waals surface area contributed by atoms with E-state index in [1.165, 1.54) is 20.4 Å². The number of nitrogens with one attached hydrogen (secondary N) is 1. The molecule has 1 saturated heterocycles. The van der Waals surface area contributed by atoms with Crippen molar-refractivity contribution in [1.29, 1.82) is 0 Å². The third kappa shape index (κ3) is 2.14. The Morgan fingerprint density at radius 3 is 2.91 bits per heavy atom. The Bertz CT molecular complexity index is 673. The van der Waals surface area contributed by atoms with Crippen LogP contribution in [0, 0.1) is 0 Å². The molecule has 22 heavy (non-hydrogen) atoms. The first-order valence-corrected chi connectivity index (χ1v) is 6.78. The van der Waals surface area contributed by atoms with Crippen molar-refractivity contribution in [2.45, 2.75) is 31.0 Å². The summed E-state index contributed by atoms with van der Waals surface area (Å²) in [4.78, 5) is 13.1. The van der Waals surface area contributed by atoms with Crippen LogP contribution in [0.4, 0.5) is 5.82 Å². The number of hydrogen-bond acceptors (Lipinski definition) is 8. The van der Waals surface area contributed by atoms with Gasteiger partial charge in [0.2, 0.25) is 0 Å². The average Bonchev–Trinajstić information content (AvgIpc) is 3.01. The van der Waals surface area contributed by atoms with E-state index in [-0.39, 0.29) is 0 Å². The third-order valence-corrected chi connectivity index (χ3v) is 3.90.